The first-order valence-electron chi connectivity index (χ1n) is 11.3. The Balaban J connectivity index is 3.31. The van der Waals surface area contributed by atoms with Gasteiger partial charge in [0.15, 0.2) is 0 Å². The Morgan fingerprint density at radius 2 is 1.92 bits per heavy atom. The zero-order valence-electron chi connectivity index (χ0n) is 21.2. The van der Waals surface area contributed by atoms with Crippen LogP contribution in [0.3, 0.4) is 0 Å². The molecular formula is C24H34N4O7S. The van der Waals surface area contributed by atoms with Crippen molar-refractivity contribution in [3.05, 3.63) is 29.3 Å². The fraction of sp³-hybridized carbons (Fsp3) is 0.542. The number of benzene rings is 1. The standard InChI is InChI=1S/C24H34N4O7S/c1-6-34-19(30)9-11-26-21(31)20(16-7-8-18(29)15(2)13-16)28(12-10-25)22(32)17(14-36)27-23(33)35-24(3,4)5/h7-8,13,17,20,29,36H,6,9,11-12,14H2,1-5H3,(H,26,31)(H,27,33). The molecule has 36 heavy (non-hydrogen) atoms. The predicted octanol–water partition coefficient (Wildman–Crippen LogP) is 1.99. The Morgan fingerprint density at radius 3 is 2.44 bits per heavy atom. The Labute approximate surface area is 216 Å². The van der Waals surface area contributed by atoms with Gasteiger partial charge in [-0.15, -0.1) is 0 Å². The van der Waals surface area contributed by atoms with E-state index in [9.17, 15) is 29.5 Å². The van der Waals surface area contributed by atoms with E-state index in [-0.39, 0.29) is 31.1 Å². The van der Waals surface area contributed by atoms with Crippen molar-refractivity contribution in [1.82, 2.24) is 15.5 Å². The number of hydrogen-bond acceptors (Lipinski definition) is 9. The summed E-state index contributed by atoms with van der Waals surface area (Å²) in [6.07, 6.45) is -0.949. The minimum Gasteiger partial charge on any atom is -0.508 e. The first kappa shape index (κ1) is 30.6. The van der Waals surface area contributed by atoms with Crippen LogP contribution in [0.25, 0.3) is 0 Å². The number of hydrogen-bond donors (Lipinski definition) is 4. The quantitative estimate of drug-likeness (QED) is 0.195. The molecule has 2 unspecified atom stereocenters. The van der Waals surface area contributed by atoms with Crippen molar-refractivity contribution in [1.29, 1.82) is 5.26 Å². The molecule has 1 aromatic rings. The number of carbonyl (C=O) groups excluding carboxylic acids is 4. The smallest absolute Gasteiger partial charge is 0.408 e. The third kappa shape index (κ3) is 9.65. The van der Waals surface area contributed by atoms with E-state index >= 15 is 0 Å². The van der Waals surface area contributed by atoms with Gasteiger partial charge in [0.1, 0.15) is 30.0 Å². The van der Waals surface area contributed by atoms with Crippen molar-refractivity contribution in [2.24, 2.45) is 0 Å². The average Bonchev–Trinajstić information content (AvgIpc) is 2.78. The number of phenols is 1. The second-order valence-corrected chi connectivity index (χ2v) is 9.17. The minimum atomic E-state index is -1.30. The molecule has 0 aliphatic heterocycles. The monoisotopic (exact) mass is 522 g/mol. The zero-order chi connectivity index (χ0) is 27.5. The highest BCUT2D eigenvalue weighted by Gasteiger charge is 2.36. The molecule has 0 spiro atoms. The first-order valence-corrected chi connectivity index (χ1v) is 12.0. The molecule has 12 heteroatoms. The van der Waals surface area contributed by atoms with E-state index in [2.05, 4.69) is 23.3 Å². The normalized spacial score (nSPS) is 12.5. The van der Waals surface area contributed by atoms with E-state index in [4.69, 9.17) is 9.47 Å². The number of amides is 3. The second-order valence-electron chi connectivity index (χ2n) is 8.80. The number of ether oxygens (including phenoxy) is 2. The van der Waals surface area contributed by atoms with Crippen molar-refractivity contribution < 1.29 is 33.8 Å². The van der Waals surface area contributed by atoms with Gasteiger partial charge in [-0.2, -0.15) is 17.9 Å². The Kier molecular flexibility index (Phi) is 12.0. The molecule has 11 nitrogen and oxygen atoms in total. The number of nitrogens with one attached hydrogen (secondary N) is 2. The van der Waals surface area contributed by atoms with Crippen LogP contribution < -0.4 is 10.6 Å². The van der Waals surface area contributed by atoms with Gasteiger partial charge in [-0.3, -0.25) is 14.4 Å². The number of carbonyl (C=O) groups is 4. The lowest BCUT2D eigenvalue weighted by Crippen LogP contribution is -2.54. The van der Waals surface area contributed by atoms with Gasteiger partial charge in [0.2, 0.25) is 11.8 Å². The van der Waals surface area contributed by atoms with Crippen molar-refractivity contribution in [3.63, 3.8) is 0 Å². The van der Waals surface area contributed by atoms with Crippen LogP contribution in [0.1, 0.15) is 51.3 Å². The maximum Gasteiger partial charge on any atom is 0.408 e. The number of nitriles is 1. The largest absolute Gasteiger partial charge is 0.508 e. The average molecular weight is 523 g/mol. The highest BCUT2D eigenvalue weighted by Crippen LogP contribution is 2.27. The number of rotatable bonds is 11. The Hall–Kier alpha value is -3.46. The van der Waals surface area contributed by atoms with Crippen LogP contribution in [0, 0.1) is 18.3 Å². The molecule has 1 aromatic carbocycles. The minimum absolute atomic E-state index is 0.0155. The lowest BCUT2D eigenvalue weighted by molar-refractivity contribution is -0.144. The van der Waals surface area contributed by atoms with Crippen molar-refractivity contribution in [2.75, 3.05) is 25.4 Å². The summed E-state index contributed by atoms with van der Waals surface area (Å²) in [7, 11) is 0. The lowest BCUT2D eigenvalue weighted by Gasteiger charge is -2.32. The molecule has 198 valence electrons. The molecule has 0 heterocycles. The van der Waals surface area contributed by atoms with Gasteiger partial charge < -0.3 is 30.1 Å². The molecule has 0 aliphatic carbocycles. The topological polar surface area (TPSA) is 158 Å². The van der Waals surface area contributed by atoms with E-state index < -0.39 is 48.1 Å². The van der Waals surface area contributed by atoms with E-state index in [0.29, 0.717) is 11.1 Å². The summed E-state index contributed by atoms with van der Waals surface area (Å²) in [4.78, 5) is 51.6. The van der Waals surface area contributed by atoms with Crippen LogP contribution in [0.4, 0.5) is 4.79 Å². The number of alkyl carbamates (subject to hydrolysis) is 1. The van der Waals surface area contributed by atoms with Crippen LogP contribution in [0.15, 0.2) is 18.2 Å². The molecular weight excluding hydrogens is 488 g/mol. The SMILES string of the molecule is CCOC(=O)CCNC(=O)C(c1ccc(O)c(C)c1)N(CC#N)C(=O)C(CS)NC(=O)OC(C)(C)C. The van der Waals surface area contributed by atoms with Gasteiger partial charge in [0.25, 0.3) is 0 Å². The van der Waals surface area contributed by atoms with Crippen molar-refractivity contribution >= 4 is 36.5 Å². The molecule has 0 radical (unpaired) electrons. The maximum absolute atomic E-state index is 13.5. The summed E-state index contributed by atoms with van der Waals surface area (Å²) in [5.41, 5.74) is -0.0533. The number of esters is 1. The lowest BCUT2D eigenvalue weighted by atomic mass is 10.0. The number of nitrogens with zero attached hydrogens (tertiary/aromatic N) is 2. The highest BCUT2D eigenvalue weighted by molar-refractivity contribution is 7.80. The molecule has 2 atom stereocenters. The fourth-order valence-corrected chi connectivity index (χ4v) is 3.39. The summed E-state index contributed by atoms with van der Waals surface area (Å²) in [5.74, 6) is -2.06. The molecule has 3 amide bonds. The summed E-state index contributed by atoms with van der Waals surface area (Å²) in [6, 6.07) is 3.70. The van der Waals surface area contributed by atoms with Gasteiger partial charge in [-0.25, -0.2) is 4.79 Å². The van der Waals surface area contributed by atoms with Crippen molar-refractivity contribution in [2.45, 2.75) is 58.7 Å². The van der Waals surface area contributed by atoms with Crippen LogP contribution in [-0.4, -0.2) is 71.0 Å². The van der Waals surface area contributed by atoms with Gasteiger partial charge in [0.05, 0.1) is 19.1 Å². The number of thiol groups is 1. The summed E-state index contributed by atoms with van der Waals surface area (Å²) < 4.78 is 10.1. The molecule has 0 fully saturated rings. The second kappa shape index (κ2) is 14.2. The zero-order valence-corrected chi connectivity index (χ0v) is 22.1. The molecule has 0 saturated heterocycles. The molecule has 1 rings (SSSR count). The van der Waals surface area contributed by atoms with Crippen LogP contribution in [-0.2, 0) is 23.9 Å². The molecule has 0 aliphatic rings. The van der Waals surface area contributed by atoms with E-state index in [1.165, 1.54) is 18.2 Å². The van der Waals surface area contributed by atoms with Crippen LogP contribution >= 0.6 is 12.6 Å². The van der Waals surface area contributed by atoms with Crippen LogP contribution in [0.5, 0.6) is 5.75 Å². The fourth-order valence-electron chi connectivity index (χ4n) is 3.15. The maximum atomic E-state index is 13.5. The van der Waals surface area contributed by atoms with Crippen molar-refractivity contribution in [3.8, 4) is 11.8 Å². The van der Waals surface area contributed by atoms with Gasteiger partial charge in [-0.1, -0.05) is 6.07 Å². The molecule has 0 saturated carbocycles. The van der Waals surface area contributed by atoms with Gasteiger partial charge in [0, 0.05) is 12.3 Å². The predicted molar refractivity (Wildman–Crippen MR) is 134 cm³/mol. The van der Waals surface area contributed by atoms with Gasteiger partial charge >= 0.3 is 12.1 Å². The van der Waals surface area contributed by atoms with E-state index in [1.54, 1.807) is 34.6 Å². The van der Waals surface area contributed by atoms with E-state index in [0.717, 1.165) is 4.90 Å². The molecule has 0 aromatic heterocycles. The number of phenolic OH excluding ortho intramolecular Hbond substituents is 1. The summed E-state index contributed by atoms with van der Waals surface area (Å²) in [6.45, 7) is 7.91. The first-order chi connectivity index (χ1) is 16.8. The molecule has 0 bridgehead atoms. The van der Waals surface area contributed by atoms with E-state index in [1.807, 2.05) is 6.07 Å². The molecule has 3 N–H and O–H groups in total. The highest BCUT2D eigenvalue weighted by atomic mass is 32.1. The van der Waals surface area contributed by atoms with Gasteiger partial charge in [-0.05, 0) is 57.9 Å². The summed E-state index contributed by atoms with van der Waals surface area (Å²) in [5, 5.41) is 24.4. The Bertz CT molecular complexity index is 988. The number of aryl methyl sites for hydroxylation is 1. The number of aromatic hydroxyl groups is 1. The van der Waals surface area contributed by atoms with Crippen LogP contribution in [0.2, 0.25) is 0 Å². The third-order valence-electron chi connectivity index (χ3n) is 4.73. The third-order valence-corrected chi connectivity index (χ3v) is 5.09. The summed E-state index contributed by atoms with van der Waals surface area (Å²) >= 11 is 4.15. The Morgan fingerprint density at radius 1 is 1.25 bits per heavy atom.